The Bertz CT molecular complexity index is 665. The van der Waals surface area contributed by atoms with Crippen LogP contribution in [0.25, 0.3) is 0 Å². The summed E-state index contributed by atoms with van der Waals surface area (Å²) in [6.07, 6.45) is 7.87. The van der Waals surface area contributed by atoms with Gasteiger partial charge in [0, 0.05) is 29.4 Å². The topological polar surface area (TPSA) is 37.8 Å². The van der Waals surface area contributed by atoms with E-state index in [0.29, 0.717) is 12.0 Å². The molecular weight excluding hydrogens is 258 g/mol. The molecule has 2 aliphatic rings. The van der Waals surface area contributed by atoms with E-state index < -0.39 is 0 Å². The van der Waals surface area contributed by atoms with E-state index in [1.807, 2.05) is 7.05 Å². The van der Waals surface area contributed by atoms with E-state index in [1.165, 1.54) is 35.2 Å². The van der Waals surface area contributed by atoms with Crippen molar-refractivity contribution in [3.05, 3.63) is 58.7 Å². The highest BCUT2D eigenvalue weighted by atomic mass is 14.9. The molecule has 2 aromatic rings. The molecule has 1 aromatic carbocycles. The summed E-state index contributed by atoms with van der Waals surface area (Å²) in [4.78, 5) is 9.66. The van der Waals surface area contributed by atoms with Crippen LogP contribution in [0.1, 0.15) is 59.4 Å². The number of aromatic nitrogens is 2. The summed E-state index contributed by atoms with van der Waals surface area (Å²) in [7, 11) is 2.03. The molecule has 0 aliphatic heterocycles. The maximum Gasteiger partial charge on any atom is 0.136 e. The van der Waals surface area contributed by atoms with E-state index in [0.717, 1.165) is 25.1 Å². The van der Waals surface area contributed by atoms with Gasteiger partial charge in [0.1, 0.15) is 5.82 Å². The molecule has 0 bridgehead atoms. The van der Waals surface area contributed by atoms with E-state index in [4.69, 9.17) is 9.97 Å². The summed E-state index contributed by atoms with van der Waals surface area (Å²) >= 11 is 0. The van der Waals surface area contributed by atoms with Gasteiger partial charge in [-0.2, -0.15) is 0 Å². The summed E-state index contributed by atoms with van der Waals surface area (Å²) in [5.41, 5.74) is 5.46. The highest BCUT2D eigenvalue weighted by Gasteiger charge is 2.28. The van der Waals surface area contributed by atoms with Gasteiger partial charge in [-0.15, -0.1) is 0 Å². The molecule has 0 saturated heterocycles. The second-order valence-corrected chi connectivity index (χ2v) is 6.15. The third-order valence-corrected chi connectivity index (χ3v) is 4.99. The van der Waals surface area contributed by atoms with Crippen molar-refractivity contribution in [2.24, 2.45) is 0 Å². The van der Waals surface area contributed by atoms with Crippen LogP contribution in [-0.4, -0.2) is 17.0 Å². The fourth-order valence-electron chi connectivity index (χ4n) is 3.86. The Morgan fingerprint density at radius 3 is 2.90 bits per heavy atom. The molecule has 1 aromatic heterocycles. The van der Waals surface area contributed by atoms with Gasteiger partial charge in [-0.25, -0.2) is 9.97 Å². The van der Waals surface area contributed by atoms with Gasteiger partial charge >= 0.3 is 0 Å². The Balaban J connectivity index is 1.72. The molecular formula is C18H21N3. The van der Waals surface area contributed by atoms with Crippen LogP contribution in [0, 0.1) is 0 Å². The second-order valence-electron chi connectivity index (χ2n) is 6.15. The maximum atomic E-state index is 4.94. The minimum Gasteiger partial charge on any atom is -0.313 e. The molecule has 1 N–H and O–H groups in total. The van der Waals surface area contributed by atoms with Crippen molar-refractivity contribution < 1.29 is 0 Å². The number of nitrogens with zero attached hydrogens (tertiary/aromatic N) is 2. The van der Waals surface area contributed by atoms with Crippen molar-refractivity contribution in [2.45, 2.75) is 44.1 Å². The molecule has 2 unspecified atom stereocenters. The molecule has 0 spiro atoms. The lowest BCUT2D eigenvalue weighted by Gasteiger charge is -2.24. The van der Waals surface area contributed by atoms with E-state index in [2.05, 4.69) is 35.8 Å². The van der Waals surface area contributed by atoms with Gasteiger partial charge in [-0.05, 0) is 50.3 Å². The van der Waals surface area contributed by atoms with Crippen molar-refractivity contribution in [1.29, 1.82) is 0 Å². The van der Waals surface area contributed by atoms with Crippen LogP contribution >= 0.6 is 0 Å². The van der Waals surface area contributed by atoms with Gasteiger partial charge in [0.15, 0.2) is 0 Å². The van der Waals surface area contributed by atoms with Gasteiger partial charge < -0.3 is 5.32 Å². The van der Waals surface area contributed by atoms with Crippen LogP contribution in [0.2, 0.25) is 0 Å². The van der Waals surface area contributed by atoms with E-state index in [1.54, 1.807) is 0 Å². The number of benzene rings is 1. The highest BCUT2D eigenvalue weighted by Crippen LogP contribution is 2.37. The fourth-order valence-corrected chi connectivity index (χ4v) is 3.86. The average molecular weight is 279 g/mol. The number of rotatable bonds is 2. The van der Waals surface area contributed by atoms with Gasteiger partial charge in [0.25, 0.3) is 0 Å². The predicted octanol–water partition coefficient (Wildman–Crippen LogP) is 3.15. The Kier molecular flexibility index (Phi) is 3.23. The molecule has 21 heavy (non-hydrogen) atoms. The summed E-state index contributed by atoms with van der Waals surface area (Å²) in [5.74, 6) is 1.41. The van der Waals surface area contributed by atoms with E-state index >= 15 is 0 Å². The Morgan fingerprint density at radius 1 is 1.10 bits per heavy atom. The van der Waals surface area contributed by atoms with Crippen LogP contribution in [0.4, 0.5) is 0 Å². The van der Waals surface area contributed by atoms with Crippen LogP contribution in [-0.2, 0) is 12.8 Å². The first-order chi connectivity index (χ1) is 10.4. The average Bonchev–Trinajstić information content (AvgIpc) is 2.97. The number of aryl methyl sites for hydroxylation is 2. The molecule has 3 nitrogen and oxygen atoms in total. The lowest BCUT2D eigenvalue weighted by atomic mass is 9.92. The van der Waals surface area contributed by atoms with Crippen LogP contribution in [0.15, 0.2) is 30.5 Å². The Morgan fingerprint density at radius 2 is 2.00 bits per heavy atom. The zero-order valence-corrected chi connectivity index (χ0v) is 12.5. The molecule has 1 heterocycles. The molecule has 0 amide bonds. The smallest absolute Gasteiger partial charge is 0.136 e. The van der Waals surface area contributed by atoms with Gasteiger partial charge in [-0.1, -0.05) is 24.3 Å². The number of hydrogen-bond donors (Lipinski definition) is 1. The first kappa shape index (κ1) is 13.0. The number of nitrogens with one attached hydrogen (secondary N) is 1. The van der Waals surface area contributed by atoms with Crippen molar-refractivity contribution in [3.8, 4) is 0 Å². The number of fused-ring (bicyclic) bond motifs is 2. The molecule has 0 fully saturated rings. The lowest BCUT2D eigenvalue weighted by Crippen LogP contribution is -2.23. The lowest BCUT2D eigenvalue weighted by molar-refractivity contribution is 0.484. The third kappa shape index (κ3) is 2.16. The minimum absolute atomic E-state index is 0.390. The molecule has 2 aliphatic carbocycles. The standard InChI is InChI=1S/C18H21N3/c1-19-16-7-4-8-17-15(16)11-20-18(21-17)14-10-9-12-5-2-3-6-13(12)14/h2-3,5-6,11,14,16,19H,4,7-10H2,1H3. The van der Waals surface area contributed by atoms with Gasteiger partial charge in [0.2, 0.25) is 0 Å². The molecule has 3 heteroatoms. The van der Waals surface area contributed by atoms with Crippen LogP contribution in [0.5, 0.6) is 0 Å². The molecule has 0 radical (unpaired) electrons. The normalized spacial score (nSPS) is 23.7. The van der Waals surface area contributed by atoms with Gasteiger partial charge in [-0.3, -0.25) is 0 Å². The first-order valence-electron chi connectivity index (χ1n) is 7.97. The quantitative estimate of drug-likeness (QED) is 0.917. The van der Waals surface area contributed by atoms with E-state index in [9.17, 15) is 0 Å². The summed E-state index contributed by atoms with van der Waals surface area (Å²) in [6.45, 7) is 0. The SMILES string of the molecule is CNC1CCCc2nc(C3CCc4ccccc43)ncc21. The zero-order valence-electron chi connectivity index (χ0n) is 12.5. The number of hydrogen-bond acceptors (Lipinski definition) is 3. The van der Waals surface area contributed by atoms with Crippen molar-refractivity contribution in [1.82, 2.24) is 15.3 Å². The third-order valence-electron chi connectivity index (χ3n) is 4.99. The molecule has 0 saturated carbocycles. The fraction of sp³-hybridized carbons (Fsp3) is 0.444. The summed E-state index contributed by atoms with van der Waals surface area (Å²) in [6, 6.07) is 9.18. The summed E-state index contributed by atoms with van der Waals surface area (Å²) < 4.78 is 0. The first-order valence-corrected chi connectivity index (χ1v) is 7.97. The van der Waals surface area contributed by atoms with Crippen LogP contribution in [0.3, 0.4) is 0 Å². The Hall–Kier alpha value is -1.74. The predicted molar refractivity (Wildman–Crippen MR) is 83.4 cm³/mol. The second kappa shape index (κ2) is 5.23. The molecule has 4 rings (SSSR count). The Labute approximate surface area is 125 Å². The van der Waals surface area contributed by atoms with Crippen LogP contribution < -0.4 is 5.32 Å². The maximum absolute atomic E-state index is 4.94. The monoisotopic (exact) mass is 279 g/mol. The van der Waals surface area contributed by atoms with Crippen molar-refractivity contribution >= 4 is 0 Å². The minimum atomic E-state index is 0.390. The molecule has 2 atom stereocenters. The highest BCUT2D eigenvalue weighted by molar-refractivity contribution is 5.39. The van der Waals surface area contributed by atoms with Crippen molar-refractivity contribution in [3.63, 3.8) is 0 Å². The molecule has 108 valence electrons. The largest absolute Gasteiger partial charge is 0.313 e. The zero-order chi connectivity index (χ0) is 14.2. The summed E-state index contributed by atoms with van der Waals surface area (Å²) in [5, 5.41) is 3.38. The van der Waals surface area contributed by atoms with Crippen molar-refractivity contribution in [2.75, 3.05) is 7.05 Å². The van der Waals surface area contributed by atoms with E-state index in [-0.39, 0.29) is 0 Å². The van der Waals surface area contributed by atoms with Gasteiger partial charge in [0.05, 0.1) is 0 Å².